The van der Waals surface area contributed by atoms with Gasteiger partial charge < -0.3 is 19.7 Å². The van der Waals surface area contributed by atoms with Crippen molar-refractivity contribution in [3.05, 3.63) is 17.2 Å². The smallest absolute Gasteiger partial charge is 0.233 e. The summed E-state index contributed by atoms with van der Waals surface area (Å²) in [6.07, 6.45) is 2.94. The van der Waals surface area contributed by atoms with Crippen LogP contribution in [0, 0.1) is 0 Å². The Hall–Kier alpha value is -1.95. The van der Waals surface area contributed by atoms with Crippen LogP contribution >= 0.6 is 11.6 Å². The minimum atomic E-state index is -0.386. The van der Waals surface area contributed by atoms with Crippen LogP contribution in [0.2, 0.25) is 5.02 Å². The number of carbonyl (C=O) groups excluding carboxylic acids is 2. The molecule has 1 aromatic carbocycles. The van der Waals surface area contributed by atoms with Crippen LogP contribution in [0.25, 0.3) is 0 Å². The molecule has 0 aromatic heterocycles. The second-order valence-electron chi connectivity index (χ2n) is 5.35. The number of ether oxygens (including phenoxy) is 2. The van der Waals surface area contributed by atoms with Crippen molar-refractivity contribution in [2.24, 2.45) is 0 Å². The van der Waals surface area contributed by atoms with E-state index in [0.29, 0.717) is 22.2 Å². The predicted octanol–water partition coefficient (Wildman–Crippen LogP) is 2.70. The van der Waals surface area contributed by atoms with Gasteiger partial charge in [0.25, 0.3) is 0 Å². The van der Waals surface area contributed by atoms with Crippen LogP contribution in [0.4, 0.5) is 5.69 Å². The van der Waals surface area contributed by atoms with Crippen molar-refractivity contribution in [2.45, 2.75) is 25.7 Å². The van der Waals surface area contributed by atoms with E-state index < -0.39 is 0 Å². The van der Waals surface area contributed by atoms with Gasteiger partial charge in [-0.05, 0) is 19.3 Å². The second kappa shape index (κ2) is 8.06. The number of rotatable bonds is 5. The fourth-order valence-electron chi connectivity index (χ4n) is 2.54. The highest BCUT2D eigenvalue weighted by molar-refractivity contribution is 6.32. The lowest BCUT2D eigenvalue weighted by Crippen LogP contribution is -2.37. The summed E-state index contributed by atoms with van der Waals surface area (Å²) in [6.45, 7) is 1.45. The Morgan fingerprint density at radius 1 is 1.13 bits per heavy atom. The fraction of sp³-hybridized carbons (Fsp3) is 0.500. The maximum Gasteiger partial charge on any atom is 0.233 e. The number of methoxy groups -OCH3 is 2. The Morgan fingerprint density at radius 3 is 2.39 bits per heavy atom. The van der Waals surface area contributed by atoms with Gasteiger partial charge in [-0.1, -0.05) is 11.6 Å². The number of hydrogen-bond acceptors (Lipinski definition) is 4. The van der Waals surface area contributed by atoms with E-state index in [9.17, 15) is 9.59 Å². The first-order valence-electron chi connectivity index (χ1n) is 7.54. The van der Waals surface area contributed by atoms with E-state index in [1.165, 1.54) is 14.2 Å². The van der Waals surface area contributed by atoms with Gasteiger partial charge in [0.15, 0.2) is 0 Å². The van der Waals surface area contributed by atoms with Crippen LogP contribution in [-0.2, 0) is 9.59 Å². The fourth-order valence-corrected chi connectivity index (χ4v) is 2.78. The van der Waals surface area contributed by atoms with Gasteiger partial charge >= 0.3 is 0 Å². The van der Waals surface area contributed by atoms with Gasteiger partial charge in [-0.25, -0.2) is 0 Å². The van der Waals surface area contributed by atoms with Crippen LogP contribution in [0.1, 0.15) is 25.7 Å². The molecule has 6 nitrogen and oxygen atoms in total. The molecule has 0 radical (unpaired) electrons. The van der Waals surface area contributed by atoms with Crippen molar-refractivity contribution in [1.29, 1.82) is 0 Å². The van der Waals surface area contributed by atoms with Crippen LogP contribution in [0.5, 0.6) is 11.5 Å². The van der Waals surface area contributed by atoms with Gasteiger partial charge in [0, 0.05) is 25.2 Å². The number of nitrogens with one attached hydrogen (secondary N) is 1. The molecule has 23 heavy (non-hydrogen) atoms. The van der Waals surface area contributed by atoms with Crippen molar-refractivity contribution in [3.8, 4) is 11.5 Å². The van der Waals surface area contributed by atoms with Gasteiger partial charge in [-0.15, -0.1) is 0 Å². The van der Waals surface area contributed by atoms with Gasteiger partial charge in [-0.3, -0.25) is 9.59 Å². The topological polar surface area (TPSA) is 67.9 Å². The zero-order valence-corrected chi connectivity index (χ0v) is 14.1. The Balaban J connectivity index is 2.03. The van der Waals surface area contributed by atoms with E-state index in [2.05, 4.69) is 5.32 Å². The summed E-state index contributed by atoms with van der Waals surface area (Å²) >= 11 is 6.02. The molecule has 1 fully saturated rings. The monoisotopic (exact) mass is 340 g/mol. The third kappa shape index (κ3) is 4.51. The van der Waals surface area contributed by atoms with Crippen molar-refractivity contribution in [2.75, 3.05) is 32.6 Å². The number of anilines is 1. The number of likely N-dealkylation sites (tertiary alicyclic amines) is 1. The molecule has 1 aromatic rings. The third-order valence-corrected chi connectivity index (χ3v) is 4.06. The largest absolute Gasteiger partial charge is 0.495 e. The molecule has 0 atom stereocenters. The van der Waals surface area contributed by atoms with Crippen molar-refractivity contribution in [1.82, 2.24) is 4.90 Å². The molecule has 1 aliphatic rings. The molecule has 0 spiro atoms. The molecule has 1 heterocycles. The van der Waals surface area contributed by atoms with Crippen LogP contribution < -0.4 is 14.8 Å². The lowest BCUT2D eigenvalue weighted by atomic mass is 10.1. The predicted molar refractivity (Wildman–Crippen MR) is 88.2 cm³/mol. The Bertz CT molecular complexity index is 586. The summed E-state index contributed by atoms with van der Waals surface area (Å²) in [6, 6.07) is 3.13. The number of halogens is 1. The number of hydrogen-bond donors (Lipinski definition) is 1. The molecule has 0 aliphatic carbocycles. The zero-order chi connectivity index (χ0) is 16.8. The van der Waals surface area contributed by atoms with Crippen molar-refractivity contribution in [3.63, 3.8) is 0 Å². The van der Waals surface area contributed by atoms with Crippen molar-refractivity contribution < 1.29 is 19.1 Å². The number of benzene rings is 1. The highest BCUT2D eigenvalue weighted by Crippen LogP contribution is 2.35. The van der Waals surface area contributed by atoms with E-state index in [-0.39, 0.29) is 18.2 Å². The molecule has 0 bridgehead atoms. The van der Waals surface area contributed by atoms with E-state index in [1.54, 1.807) is 17.0 Å². The Morgan fingerprint density at radius 2 is 1.78 bits per heavy atom. The molecule has 1 aliphatic heterocycles. The summed E-state index contributed by atoms with van der Waals surface area (Å²) in [5.41, 5.74) is 0.421. The molecule has 2 amide bonds. The molecule has 0 unspecified atom stereocenters. The Kier molecular flexibility index (Phi) is 6.10. The third-order valence-electron chi connectivity index (χ3n) is 3.77. The minimum absolute atomic E-state index is 0.151. The van der Waals surface area contributed by atoms with Gasteiger partial charge in [0.2, 0.25) is 11.8 Å². The summed E-state index contributed by atoms with van der Waals surface area (Å²) < 4.78 is 10.3. The number of piperidine rings is 1. The number of carbonyl (C=O) groups is 2. The van der Waals surface area contributed by atoms with Gasteiger partial charge in [0.1, 0.15) is 17.9 Å². The quantitative estimate of drug-likeness (QED) is 0.837. The van der Waals surface area contributed by atoms with Gasteiger partial charge in [-0.2, -0.15) is 0 Å². The zero-order valence-electron chi connectivity index (χ0n) is 13.4. The average molecular weight is 341 g/mol. The van der Waals surface area contributed by atoms with E-state index in [4.69, 9.17) is 21.1 Å². The van der Waals surface area contributed by atoms with E-state index in [1.807, 2.05) is 0 Å². The highest BCUT2D eigenvalue weighted by atomic mass is 35.5. The maximum atomic E-state index is 12.1. The lowest BCUT2D eigenvalue weighted by molar-refractivity contribution is -0.135. The van der Waals surface area contributed by atoms with Crippen LogP contribution in [0.15, 0.2) is 12.1 Å². The molecule has 1 saturated heterocycles. The van der Waals surface area contributed by atoms with Crippen LogP contribution in [-0.4, -0.2) is 44.0 Å². The Labute approximate surface area is 140 Å². The molecular weight excluding hydrogens is 320 g/mol. The highest BCUT2D eigenvalue weighted by Gasteiger charge is 2.20. The summed E-state index contributed by atoms with van der Waals surface area (Å²) in [7, 11) is 2.96. The average Bonchev–Trinajstić information content (AvgIpc) is 2.56. The first-order chi connectivity index (χ1) is 11.0. The maximum absolute atomic E-state index is 12.1. The van der Waals surface area contributed by atoms with Crippen LogP contribution in [0.3, 0.4) is 0 Å². The first kappa shape index (κ1) is 17.4. The summed E-state index contributed by atoms with van der Waals surface area (Å²) in [5, 5.41) is 3.06. The second-order valence-corrected chi connectivity index (χ2v) is 5.76. The van der Waals surface area contributed by atoms with Gasteiger partial charge in [0.05, 0.1) is 24.9 Å². The number of amides is 2. The molecular formula is C16H21ClN2O4. The molecule has 1 N–H and O–H groups in total. The first-order valence-corrected chi connectivity index (χ1v) is 7.92. The molecule has 2 rings (SSSR count). The summed E-state index contributed by atoms with van der Waals surface area (Å²) in [4.78, 5) is 26.0. The summed E-state index contributed by atoms with van der Waals surface area (Å²) in [5.74, 6) is 0.296. The molecule has 7 heteroatoms. The van der Waals surface area contributed by atoms with E-state index >= 15 is 0 Å². The minimum Gasteiger partial charge on any atom is -0.495 e. The lowest BCUT2D eigenvalue weighted by Gasteiger charge is -2.26. The van der Waals surface area contributed by atoms with Crippen molar-refractivity contribution >= 4 is 29.1 Å². The standard InChI is InChI=1S/C16H21ClN2O4/c1-22-13-9-12(14(23-2)8-11(13)17)18-15(20)10-16(21)19-6-4-3-5-7-19/h8-9H,3-7,10H2,1-2H3,(H,18,20). The SMILES string of the molecule is COc1cc(NC(=O)CC(=O)N2CCCCC2)c(OC)cc1Cl. The normalized spacial score (nSPS) is 14.3. The van der Waals surface area contributed by atoms with E-state index in [0.717, 1.165) is 32.4 Å². The molecule has 0 saturated carbocycles. The molecule has 126 valence electrons. The number of nitrogens with zero attached hydrogens (tertiary/aromatic N) is 1.